The molecule has 1 amide bonds. The molecule has 1 fully saturated rings. The number of amides is 1. The maximum Gasteiger partial charge on any atom is 0.238 e. The number of carbonyl (C=O) groups is 1. The first-order chi connectivity index (χ1) is 9.65. The molecule has 0 aromatic heterocycles. The number of benzene rings is 1. The number of hydrogen-bond donors (Lipinski definition) is 2. The standard InChI is InChI=1S/C16H25N3O/c1-13-7-3-4-8-15(13)18-16(20)11-17-14(2)12-19-9-5-6-10-19/h3-4,7-8,14,17H,5-6,9-12H2,1-2H3,(H,18,20). The largest absolute Gasteiger partial charge is 0.325 e. The van der Waals surface area contributed by atoms with E-state index >= 15 is 0 Å². The molecule has 4 nitrogen and oxygen atoms in total. The van der Waals surface area contributed by atoms with Crippen LogP contribution in [0, 0.1) is 6.92 Å². The molecule has 0 radical (unpaired) electrons. The van der Waals surface area contributed by atoms with Crippen molar-refractivity contribution in [1.29, 1.82) is 0 Å². The van der Waals surface area contributed by atoms with Crippen LogP contribution >= 0.6 is 0 Å². The summed E-state index contributed by atoms with van der Waals surface area (Å²) in [4.78, 5) is 14.4. The molecule has 0 saturated carbocycles. The number of hydrogen-bond acceptors (Lipinski definition) is 3. The van der Waals surface area contributed by atoms with Gasteiger partial charge < -0.3 is 15.5 Å². The Morgan fingerprint density at radius 2 is 2.00 bits per heavy atom. The zero-order chi connectivity index (χ0) is 14.4. The lowest BCUT2D eigenvalue weighted by Gasteiger charge is -2.21. The van der Waals surface area contributed by atoms with E-state index in [0.717, 1.165) is 17.8 Å². The molecule has 1 atom stereocenters. The third-order valence-electron chi connectivity index (χ3n) is 3.76. The predicted octanol–water partition coefficient (Wildman–Crippen LogP) is 2.01. The Kier molecular flexibility index (Phi) is 5.56. The van der Waals surface area contributed by atoms with Gasteiger partial charge in [0.1, 0.15) is 0 Å². The minimum Gasteiger partial charge on any atom is -0.325 e. The number of para-hydroxylation sites is 1. The second-order valence-electron chi connectivity index (χ2n) is 5.65. The van der Waals surface area contributed by atoms with Gasteiger partial charge in [0.2, 0.25) is 5.91 Å². The van der Waals surface area contributed by atoms with E-state index in [1.165, 1.54) is 25.9 Å². The van der Waals surface area contributed by atoms with Crippen LogP contribution in [-0.4, -0.2) is 43.0 Å². The van der Waals surface area contributed by atoms with Crippen LogP contribution in [0.15, 0.2) is 24.3 Å². The molecule has 2 rings (SSSR count). The molecular weight excluding hydrogens is 250 g/mol. The Morgan fingerprint density at radius 1 is 1.30 bits per heavy atom. The first-order valence-corrected chi connectivity index (χ1v) is 7.46. The third-order valence-corrected chi connectivity index (χ3v) is 3.76. The van der Waals surface area contributed by atoms with Gasteiger partial charge in [0.05, 0.1) is 6.54 Å². The van der Waals surface area contributed by atoms with Crippen LogP contribution in [0.2, 0.25) is 0 Å². The van der Waals surface area contributed by atoms with Gasteiger partial charge in [-0.3, -0.25) is 4.79 Å². The molecule has 0 spiro atoms. The molecule has 1 aromatic rings. The van der Waals surface area contributed by atoms with Crippen molar-refractivity contribution in [2.45, 2.75) is 32.7 Å². The van der Waals surface area contributed by atoms with Gasteiger partial charge in [0.15, 0.2) is 0 Å². The van der Waals surface area contributed by atoms with Crippen molar-refractivity contribution in [3.63, 3.8) is 0 Å². The second-order valence-corrected chi connectivity index (χ2v) is 5.65. The van der Waals surface area contributed by atoms with Gasteiger partial charge in [-0.05, 0) is 51.4 Å². The maximum atomic E-state index is 11.9. The molecule has 0 aliphatic carbocycles. The number of likely N-dealkylation sites (tertiary alicyclic amines) is 1. The Morgan fingerprint density at radius 3 is 2.70 bits per heavy atom. The second kappa shape index (κ2) is 7.41. The molecule has 2 N–H and O–H groups in total. The lowest BCUT2D eigenvalue weighted by atomic mass is 10.2. The maximum absolute atomic E-state index is 11.9. The third kappa shape index (κ3) is 4.62. The van der Waals surface area contributed by atoms with Crippen LogP contribution in [-0.2, 0) is 4.79 Å². The summed E-state index contributed by atoms with van der Waals surface area (Å²) in [5.74, 6) is 0.0209. The first kappa shape index (κ1) is 15.0. The summed E-state index contributed by atoms with van der Waals surface area (Å²) in [5, 5.41) is 6.24. The summed E-state index contributed by atoms with van der Waals surface area (Å²) in [6, 6.07) is 8.18. The highest BCUT2D eigenvalue weighted by atomic mass is 16.1. The van der Waals surface area contributed by atoms with Crippen LogP contribution in [0.4, 0.5) is 5.69 Å². The molecule has 0 bridgehead atoms. The van der Waals surface area contributed by atoms with Crippen molar-refractivity contribution in [2.75, 3.05) is 31.5 Å². The Bertz CT molecular complexity index is 441. The summed E-state index contributed by atoms with van der Waals surface area (Å²) in [5.41, 5.74) is 1.98. The number of anilines is 1. The predicted molar refractivity (Wildman–Crippen MR) is 82.9 cm³/mol. The van der Waals surface area contributed by atoms with Gasteiger partial charge in [0.25, 0.3) is 0 Å². The molecule has 1 aliphatic rings. The van der Waals surface area contributed by atoms with E-state index < -0.39 is 0 Å². The van der Waals surface area contributed by atoms with Crippen molar-refractivity contribution in [3.05, 3.63) is 29.8 Å². The number of nitrogens with zero attached hydrogens (tertiary/aromatic N) is 1. The van der Waals surface area contributed by atoms with Gasteiger partial charge in [-0.1, -0.05) is 18.2 Å². The Balaban J connectivity index is 1.70. The summed E-state index contributed by atoms with van der Waals surface area (Å²) < 4.78 is 0. The van der Waals surface area contributed by atoms with E-state index in [0.29, 0.717) is 12.6 Å². The Hall–Kier alpha value is -1.39. The molecule has 110 valence electrons. The number of nitrogens with one attached hydrogen (secondary N) is 2. The SMILES string of the molecule is Cc1ccccc1NC(=O)CNC(C)CN1CCCC1. The van der Waals surface area contributed by atoms with Crippen LogP contribution in [0.1, 0.15) is 25.3 Å². The van der Waals surface area contributed by atoms with Crippen molar-refractivity contribution in [3.8, 4) is 0 Å². The molecule has 1 saturated heterocycles. The fourth-order valence-electron chi connectivity index (χ4n) is 2.59. The van der Waals surface area contributed by atoms with Crippen LogP contribution < -0.4 is 10.6 Å². The van der Waals surface area contributed by atoms with Gasteiger partial charge >= 0.3 is 0 Å². The van der Waals surface area contributed by atoms with E-state index in [4.69, 9.17) is 0 Å². The summed E-state index contributed by atoms with van der Waals surface area (Å²) in [6.07, 6.45) is 2.61. The zero-order valence-electron chi connectivity index (χ0n) is 12.5. The number of aryl methyl sites for hydroxylation is 1. The van der Waals surface area contributed by atoms with Crippen LogP contribution in [0.25, 0.3) is 0 Å². The van der Waals surface area contributed by atoms with E-state index in [9.17, 15) is 4.79 Å². The molecule has 1 heterocycles. The lowest BCUT2D eigenvalue weighted by molar-refractivity contribution is -0.115. The van der Waals surface area contributed by atoms with Crippen LogP contribution in [0.5, 0.6) is 0 Å². The average Bonchev–Trinajstić information content (AvgIpc) is 2.92. The fraction of sp³-hybridized carbons (Fsp3) is 0.562. The fourth-order valence-corrected chi connectivity index (χ4v) is 2.59. The molecular formula is C16H25N3O. The van der Waals surface area contributed by atoms with Crippen LogP contribution in [0.3, 0.4) is 0 Å². The van der Waals surface area contributed by atoms with Gasteiger partial charge in [-0.15, -0.1) is 0 Å². The quantitative estimate of drug-likeness (QED) is 0.834. The van der Waals surface area contributed by atoms with Gasteiger partial charge in [-0.25, -0.2) is 0 Å². The highest BCUT2D eigenvalue weighted by molar-refractivity contribution is 5.92. The number of rotatable bonds is 6. The van der Waals surface area contributed by atoms with E-state index in [2.05, 4.69) is 22.5 Å². The van der Waals surface area contributed by atoms with E-state index in [-0.39, 0.29) is 5.91 Å². The van der Waals surface area contributed by atoms with Crippen molar-refractivity contribution in [1.82, 2.24) is 10.2 Å². The van der Waals surface area contributed by atoms with Gasteiger partial charge in [0, 0.05) is 18.3 Å². The minimum absolute atomic E-state index is 0.0209. The number of carbonyl (C=O) groups excluding carboxylic acids is 1. The Labute approximate surface area is 121 Å². The molecule has 1 aliphatic heterocycles. The summed E-state index contributed by atoms with van der Waals surface area (Å²) >= 11 is 0. The topological polar surface area (TPSA) is 44.4 Å². The lowest BCUT2D eigenvalue weighted by Crippen LogP contribution is -2.41. The summed E-state index contributed by atoms with van der Waals surface area (Å²) in [6.45, 7) is 7.92. The monoisotopic (exact) mass is 275 g/mol. The smallest absolute Gasteiger partial charge is 0.238 e. The average molecular weight is 275 g/mol. The molecule has 1 aromatic carbocycles. The van der Waals surface area contributed by atoms with E-state index in [1.807, 2.05) is 31.2 Å². The van der Waals surface area contributed by atoms with Crippen molar-refractivity contribution in [2.24, 2.45) is 0 Å². The van der Waals surface area contributed by atoms with Crippen molar-refractivity contribution < 1.29 is 4.79 Å². The molecule has 4 heteroatoms. The zero-order valence-corrected chi connectivity index (χ0v) is 12.5. The normalized spacial score (nSPS) is 17.1. The molecule has 20 heavy (non-hydrogen) atoms. The van der Waals surface area contributed by atoms with E-state index in [1.54, 1.807) is 0 Å². The molecule has 1 unspecified atom stereocenters. The highest BCUT2D eigenvalue weighted by Gasteiger charge is 2.15. The highest BCUT2D eigenvalue weighted by Crippen LogP contribution is 2.12. The summed E-state index contributed by atoms with van der Waals surface area (Å²) in [7, 11) is 0. The van der Waals surface area contributed by atoms with Gasteiger partial charge in [-0.2, -0.15) is 0 Å². The first-order valence-electron chi connectivity index (χ1n) is 7.46. The minimum atomic E-state index is 0.0209. The van der Waals surface area contributed by atoms with Crippen molar-refractivity contribution >= 4 is 11.6 Å².